The van der Waals surface area contributed by atoms with Crippen molar-refractivity contribution >= 4 is 17.5 Å². The Labute approximate surface area is 133 Å². The van der Waals surface area contributed by atoms with Gasteiger partial charge in [0.15, 0.2) is 0 Å². The molecule has 3 rings (SSSR count). The number of ether oxygens (including phenoxy) is 1. The fraction of sp³-hybridized carbons (Fsp3) is 0.333. The van der Waals surface area contributed by atoms with E-state index in [1.165, 1.54) is 0 Å². The molecule has 0 aromatic carbocycles. The molecule has 1 aliphatic heterocycles. The first-order chi connectivity index (χ1) is 11.2. The van der Waals surface area contributed by atoms with E-state index >= 15 is 0 Å². The zero-order chi connectivity index (χ0) is 16.1. The first-order valence-corrected chi connectivity index (χ1v) is 7.31. The van der Waals surface area contributed by atoms with Crippen molar-refractivity contribution in [1.82, 2.24) is 20.3 Å². The highest BCUT2D eigenvalue weighted by atomic mass is 16.5. The van der Waals surface area contributed by atoms with E-state index in [-0.39, 0.29) is 5.91 Å². The molecule has 0 saturated carbocycles. The van der Waals surface area contributed by atoms with Gasteiger partial charge in [-0.15, -0.1) is 0 Å². The van der Waals surface area contributed by atoms with E-state index in [1.54, 1.807) is 25.7 Å². The maximum atomic E-state index is 11.4. The second-order valence-corrected chi connectivity index (χ2v) is 5.10. The highest BCUT2D eigenvalue weighted by molar-refractivity contribution is 5.82. The molecule has 120 valence electrons. The van der Waals surface area contributed by atoms with Crippen molar-refractivity contribution in [3.8, 4) is 5.88 Å². The topological polar surface area (TPSA) is 92.3 Å². The minimum atomic E-state index is 0.0281. The normalized spacial score (nSPS) is 14.3. The second-order valence-electron chi connectivity index (χ2n) is 5.10. The molecule has 1 saturated heterocycles. The molecule has 0 aliphatic carbocycles. The number of carbonyl (C=O) groups excluding carboxylic acids is 1. The number of rotatable bonds is 5. The predicted molar refractivity (Wildman–Crippen MR) is 85.4 cm³/mol. The van der Waals surface area contributed by atoms with Crippen LogP contribution in [-0.2, 0) is 11.3 Å². The SMILES string of the molecule is COc1cncc(NCc2ccc(N3CCNC(=O)C3)nc2)n1. The second kappa shape index (κ2) is 6.91. The maximum absolute atomic E-state index is 11.4. The summed E-state index contributed by atoms with van der Waals surface area (Å²) in [5.41, 5.74) is 1.01. The third kappa shape index (κ3) is 3.85. The van der Waals surface area contributed by atoms with Gasteiger partial charge in [-0.05, 0) is 11.6 Å². The van der Waals surface area contributed by atoms with Crippen molar-refractivity contribution in [3.05, 3.63) is 36.3 Å². The number of aromatic nitrogens is 3. The minimum absolute atomic E-state index is 0.0281. The first kappa shape index (κ1) is 15.0. The summed E-state index contributed by atoms with van der Waals surface area (Å²) in [7, 11) is 1.55. The van der Waals surface area contributed by atoms with Crippen LogP contribution in [0.15, 0.2) is 30.7 Å². The third-order valence-corrected chi connectivity index (χ3v) is 3.47. The molecule has 1 fully saturated rings. The van der Waals surface area contributed by atoms with Crippen LogP contribution in [0, 0.1) is 0 Å². The van der Waals surface area contributed by atoms with Crippen LogP contribution < -0.4 is 20.3 Å². The smallest absolute Gasteiger partial charge is 0.239 e. The number of carbonyl (C=O) groups is 1. The molecule has 0 atom stereocenters. The molecule has 2 aromatic rings. The molecule has 2 aromatic heterocycles. The van der Waals surface area contributed by atoms with Gasteiger partial charge >= 0.3 is 0 Å². The number of nitrogens with one attached hydrogen (secondary N) is 2. The highest BCUT2D eigenvalue weighted by Crippen LogP contribution is 2.14. The summed E-state index contributed by atoms with van der Waals surface area (Å²) in [4.78, 5) is 26.1. The summed E-state index contributed by atoms with van der Waals surface area (Å²) >= 11 is 0. The lowest BCUT2D eigenvalue weighted by molar-refractivity contribution is -0.120. The van der Waals surface area contributed by atoms with Crippen molar-refractivity contribution in [3.63, 3.8) is 0 Å². The van der Waals surface area contributed by atoms with Crippen LogP contribution in [0.1, 0.15) is 5.56 Å². The number of piperazine rings is 1. The van der Waals surface area contributed by atoms with Crippen molar-refractivity contribution < 1.29 is 9.53 Å². The number of nitrogens with zero attached hydrogens (tertiary/aromatic N) is 4. The number of methoxy groups -OCH3 is 1. The molecule has 8 nitrogen and oxygen atoms in total. The average Bonchev–Trinajstić information content (AvgIpc) is 2.60. The third-order valence-electron chi connectivity index (χ3n) is 3.47. The number of hydrogen-bond donors (Lipinski definition) is 2. The molecule has 0 unspecified atom stereocenters. The lowest BCUT2D eigenvalue weighted by Crippen LogP contribution is -2.48. The van der Waals surface area contributed by atoms with E-state index in [1.807, 2.05) is 17.0 Å². The lowest BCUT2D eigenvalue weighted by atomic mass is 10.2. The Morgan fingerprint density at radius 1 is 1.35 bits per heavy atom. The fourth-order valence-electron chi connectivity index (χ4n) is 2.27. The van der Waals surface area contributed by atoms with Crippen molar-refractivity contribution in [2.24, 2.45) is 0 Å². The van der Waals surface area contributed by atoms with Gasteiger partial charge in [0, 0.05) is 25.8 Å². The van der Waals surface area contributed by atoms with Crippen LogP contribution in [0.2, 0.25) is 0 Å². The summed E-state index contributed by atoms with van der Waals surface area (Å²) in [6.45, 7) is 2.35. The van der Waals surface area contributed by atoms with E-state index < -0.39 is 0 Å². The van der Waals surface area contributed by atoms with Crippen LogP contribution in [0.5, 0.6) is 5.88 Å². The van der Waals surface area contributed by atoms with Gasteiger partial charge in [-0.3, -0.25) is 9.78 Å². The molecule has 0 bridgehead atoms. The number of hydrogen-bond acceptors (Lipinski definition) is 7. The van der Waals surface area contributed by atoms with E-state index in [9.17, 15) is 4.79 Å². The molecule has 3 heterocycles. The summed E-state index contributed by atoms with van der Waals surface area (Å²) in [6.07, 6.45) is 4.98. The molecule has 0 spiro atoms. The molecule has 1 amide bonds. The van der Waals surface area contributed by atoms with Gasteiger partial charge in [0.2, 0.25) is 11.8 Å². The van der Waals surface area contributed by atoms with Gasteiger partial charge < -0.3 is 20.3 Å². The maximum Gasteiger partial charge on any atom is 0.239 e. The zero-order valence-corrected chi connectivity index (χ0v) is 12.8. The summed E-state index contributed by atoms with van der Waals surface area (Å²) in [6, 6.07) is 3.91. The molecule has 0 radical (unpaired) electrons. The van der Waals surface area contributed by atoms with Crippen LogP contribution >= 0.6 is 0 Å². The highest BCUT2D eigenvalue weighted by Gasteiger charge is 2.17. The molecular weight excluding hydrogens is 296 g/mol. The van der Waals surface area contributed by atoms with Crippen LogP contribution in [0.3, 0.4) is 0 Å². The van der Waals surface area contributed by atoms with Gasteiger partial charge in [-0.1, -0.05) is 6.07 Å². The van der Waals surface area contributed by atoms with Gasteiger partial charge in [0.25, 0.3) is 0 Å². The van der Waals surface area contributed by atoms with Gasteiger partial charge in [0.1, 0.15) is 11.6 Å². The molecule has 1 aliphatic rings. The van der Waals surface area contributed by atoms with Crippen LogP contribution in [0.4, 0.5) is 11.6 Å². The van der Waals surface area contributed by atoms with Gasteiger partial charge in [-0.2, -0.15) is 4.98 Å². The summed E-state index contributed by atoms with van der Waals surface area (Å²) in [5.74, 6) is 1.94. The summed E-state index contributed by atoms with van der Waals surface area (Å²) in [5, 5.41) is 5.97. The predicted octanol–water partition coefficient (Wildman–Crippen LogP) is 0.428. The Kier molecular flexibility index (Phi) is 4.51. The van der Waals surface area contributed by atoms with Crippen molar-refractivity contribution in [1.29, 1.82) is 0 Å². The largest absolute Gasteiger partial charge is 0.480 e. The number of pyridine rings is 1. The lowest BCUT2D eigenvalue weighted by Gasteiger charge is -2.27. The molecule has 23 heavy (non-hydrogen) atoms. The van der Waals surface area contributed by atoms with Crippen molar-refractivity contribution in [2.75, 3.05) is 37.0 Å². The van der Waals surface area contributed by atoms with E-state index in [2.05, 4.69) is 25.6 Å². The zero-order valence-electron chi connectivity index (χ0n) is 12.8. The fourth-order valence-corrected chi connectivity index (χ4v) is 2.27. The Balaban J connectivity index is 1.60. The summed E-state index contributed by atoms with van der Waals surface area (Å²) < 4.78 is 5.03. The molecule has 2 N–H and O–H groups in total. The Bertz CT molecular complexity index is 676. The molecule has 8 heteroatoms. The minimum Gasteiger partial charge on any atom is -0.480 e. The number of anilines is 2. The van der Waals surface area contributed by atoms with Crippen LogP contribution in [0.25, 0.3) is 0 Å². The quantitative estimate of drug-likeness (QED) is 0.826. The average molecular weight is 314 g/mol. The Morgan fingerprint density at radius 2 is 2.26 bits per heavy atom. The van der Waals surface area contributed by atoms with Gasteiger partial charge in [-0.25, -0.2) is 4.98 Å². The van der Waals surface area contributed by atoms with Gasteiger partial charge in [0.05, 0.1) is 26.0 Å². The van der Waals surface area contributed by atoms with E-state index in [0.717, 1.165) is 17.9 Å². The van der Waals surface area contributed by atoms with E-state index in [0.29, 0.717) is 31.3 Å². The number of amides is 1. The first-order valence-electron chi connectivity index (χ1n) is 7.31. The van der Waals surface area contributed by atoms with Crippen LogP contribution in [-0.4, -0.2) is 47.6 Å². The Morgan fingerprint density at radius 3 is 3.00 bits per heavy atom. The molecular formula is C15H18N6O2. The van der Waals surface area contributed by atoms with E-state index in [4.69, 9.17) is 4.74 Å². The van der Waals surface area contributed by atoms with Crippen molar-refractivity contribution in [2.45, 2.75) is 6.54 Å². The Hall–Kier alpha value is -2.90. The monoisotopic (exact) mass is 314 g/mol. The standard InChI is InChI=1S/C15H18N6O2/c1-23-15-9-16-8-12(20-15)18-6-11-2-3-13(19-7-11)21-5-4-17-14(22)10-21/h2-3,7-9H,4-6,10H2,1H3,(H,17,22)(H,18,20).